The molecule has 17 heavy (non-hydrogen) atoms. The molecule has 1 aromatic heterocycles. The Labute approximate surface area is 112 Å². The second-order valence-electron chi connectivity index (χ2n) is 3.26. The van der Waals surface area contributed by atoms with Crippen LogP contribution in [0.4, 0.5) is 13.2 Å². The monoisotopic (exact) mass is 368 g/mol. The van der Waals surface area contributed by atoms with Gasteiger partial charge in [0.25, 0.3) is 0 Å². The minimum atomic E-state index is -4.44. The summed E-state index contributed by atoms with van der Waals surface area (Å²) in [6.07, 6.45) is -4.44. The van der Waals surface area contributed by atoms with Crippen molar-refractivity contribution in [3.8, 4) is 11.4 Å². The van der Waals surface area contributed by atoms with Gasteiger partial charge in [-0.2, -0.15) is 13.2 Å². The van der Waals surface area contributed by atoms with Gasteiger partial charge in [0.15, 0.2) is 5.69 Å². The van der Waals surface area contributed by atoms with Gasteiger partial charge in [-0.25, -0.2) is 4.98 Å². The topological polar surface area (TPSA) is 28.7 Å². The lowest BCUT2D eigenvalue weighted by Gasteiger charge is -2.02. The summed E-state index contributed by atoms with van der Waals surface area (Å²) in [5.74, 6) is 0.178. The number of benzene rings is 1. The van der Waals surface area contributed by atoms with Gasteiger partial charge in [-0.3, -0.25) is 0 Å². The number of aromatic nitrogens is 2. The van der Waals surface area contributed by atoms with Crippen LogP contribution in [0.2, 0.25) is 0 Å². The first-order chi connectivity index (χ1) is 7.88. The summed E-state index contributed by atoms with van der Waals surface area (Å²) in [4.78, 5) is 6.06. The Hall–Kier alpha value is -0.820. The van der Waals surface area contributed by atoms with Gasteiger partial charge in [-0.05, 0) is 28.1 Å². The van der Waals surface area contributed by atoms with Crippen LogP contribution in [0.3, 0.4) is 0 Å². The first-order valence-electron chi connectivity index (χ1n) is 4.46. The smallest absolute Gasteiger partial charge is 0.333 e. The van der Waals surface area contributed by atoms with Crippen LogP contribution in [0.1, 0.15) is 5.69 Å². The van der Waals surface area contributed by atoms with E-state index in [2.05, 4.69) is 41.8 Å². The molecular formula is C10H5Br2F3N2. The van der Waals surface area contributed by atoms with Crippen molar-refractivity contribution >= 4 is 31.9 Å². The van der Waals surface area contributed by atoms with Crippen LogP contribution in [-0.4, -0.2) is 9.97 Å². The fourth-order valence-corrected chi connectivity index (χ4v) is 2.05. The summed E-state index contributed by atoms with van der Waals surface area (Å²) in [7, 11) is 0. The fourth-order valence-electron chi connectivity index (χ4n) is 1.28. The van der Waals surface area contributed by atoms with E-state index in [-0.39, 0.29) is 10.4 Å². The molecule has 90 valence electrons. The van der Waals surface area contributed by atoms with Crippen molar-refractivity contribution in [3.05, 3.63) is 39.0 Å². The van der Waals surface area contributed by atoms with E-state index in [1.54, 1.807) is 24.3 Å². The third-order valence-electron chi connectivity index (χ3n) is 2.06. The van der Waals surface area contributed by atoms with Gasteiger partial charge in [0.2, 0.25) is 0 Å². The summed E-state index contributed by atoms with van der Waals surface area (Å²) in [6.45, 7) is 0. The van der Waals surface area contributed by atoms with Crippen molar-refractivity contribution in [1.82, 2.24) is 9.97 Å². The molecule has 0 spiro atoms. The van der Waals surface area contributed by atoms with Crippen molar-refractivity contribution < 1.29 is 13.2 Å². The van der Waals surface area contributed by atoms with E-state index in [1.807, 2.05) is 0 Å². The minimum absolute atomic E-state index is 0.178. The van der Waals surface area contributed by atoms with Gasteiger partial charge in [0.05, 0.1) is 0 Å². The van der Waals surface area contributed by atoms with Crippen LogP contribution < -0.4 is 0 Å². The van der Waals surface area contributed by atoms with E-state index in [9.17, 15) is 13.2 Å². The highest BCUT2D eigenvalue weighted by Crippen LogP contribution is 2.34. The third-order valence-corrected chi connectivity index (χ3v) is 3.16. The molecule has 1 N–H and O–H groups in total. The lowest BCUT2D eigenvalue weighted by Crippen LogP contribution is -2.06. The van der Waals surface area contributed by atoms with Crippen LogP contribution >= 0.6 is 31.9 Å². The number of nitrogens with one attached hydrogen (secondary N) is 1. The van der Waals surface area contributed by atoms with Gasteiger partial charge >= 0.3 is 6.18 Å². The summed E-state index contributed by atoms with van der Waals surface area (Å²) in [6, 6.07) is 6.82. The maximum Gasteiger partial charge on any atom is 0.433 e. The summed E-state index contributed by atoms with van der Waals surface area (Å²) in [5, 5.41) is 0. The molecule has 0 unspecified atom stereocenters. The predicted molar refractivity (Wildman–Crippen MR) is 64.4 cm³/mol. The summed E-state index contributed by atoms with van der Waals surface area (Å²) in [5.41, 5.74) is -0.292. The Morgan fingerprint density at radius 1 is 1.06 bits per heavy atom. The molecule has 2 aromatic rings. The molecule has 2 rings (SSSR count). The molecule has 0 atom stereocenters. The number of hydrogen-bond donors (Lipinski definition) is 1. The van der Waals surface area contributed by atoms with Gasteiger partial charge in [0, 0.05) is 10.0 Å². The molecule has 0 aliphatic carbocycles. The van der Waals surface area contributed by atoms with Crippen LogP contribution in [0, 0.1) is 0 Å². The maximum absolute atomic E-state index is 12.5. The Morgan fingerprint density at radius 3 is 2.12 bits per heavy atom. The van der Waals surface area contributed by atoms with Crippen molar-refractivity contribution in [1.29, 1.82) is 0 Å². The van der Waals surface area contributed by atoms with Gasteiger partial charge in [0.1, 0.15) is 10.4 Å². The molecule has 7 heteroatoms. The lowest BCUT2D eigenvalue weighted by molar-refractivity contribution is -0.141. The van der Waals surface area contributed by atoms with Gasteiger partial charge in [-0.15, -0.1) is 0 Å². The fraction of sp³-hybridized carbons (Fsp3) is 0.100. The number of H-pyrrole nitrogens is 1. The number of aromatic amines is 1. The van der Waals surface area contributed by atoms with Crippen LogP contribution in [-0.2, 0) is 6.18 Å². The Balaban J connectivity index is 2.45. The van der Waals surface area contributed by atoms with Gasteiger partial charge < -0.3 is 4.98 Å². The molecule has 1 heterocycles. The normalized spacial score (nSPS) is 11.8. The third kappa shape index (κ3) is 2.71. The van der Waals surface area contributed by atoms with Crippen molar-refractivity contribution in [2.75, 3.05) is 0 Å². The van der Waals surface area contributed by atoms with E-state index >= 15 is 0 Å². The van der Waals surface area contributed by atoms with Crippen molar-refractivity contribution in [3.63, 3.8) is 0 Å². The molecule has 0 aliphatic rings. The Bertz CT molecular complexity index is 531. The molecule has 0 amide bonds. The Kier molecular flexibility index (Phi) is 3.31. The van der Waals surface area contributed by atoms with Crippen LogP contribution in [0.5, 0.6) is 0 Å². The highest BCUT2D eigenvalue weighted by Gasteiger charge is 2.36. The van der Waals surface area contributed by atoms with Crippen molar-refractivity contribution in [2.24, 2.45) is 0 Å². The highest BCUT2D eigenvalue weighted by molar-refractivity contribution is 9.10. The van der Waals surface area contributed by atoms with E-state index in [1.165, 1.54) is 0 Å². The molecule has 0 fully saturated rings. The molecule has 0 saturated carbocycles. The number of rotatable bonds is 1. The minimum Gasteiger partial charge on any atom is -0.333 e. The Morgan fingerprint density at radius 2 is 1.65 bits per heavy atom. The molecule has 0 saturated heterocycles. The molecule has 2 nitrogen and oxygen atoms in total. The van der Waals surface area contributed by atoms with E-state index in [0.717, 1.165) is 4.47 Å². The average Bonchev–Trinajstić information content (AvgIpc) is 2.61. The maximum atomic E-state index is 12.5. The molecule has 0 aliphatic heterocycles. The van der Waals surface area contributed by atoms with E-state index in [4.69, 9.17) is 0 Å². The second-order valence-corrected chi connectivity index (χ2v) is 4.92. The number of nitrogens with zero attached hydrogens (tertiary/aromatic N) is 1. The summed E-state index contributed by atoms with van der Waals surface area (Å²) < 4.78 is 38.2. The number of alkyl halides is 3. The van der Waals surface area contributed by atoms with Crippen LogP contribution in [0.25, 0.3) is 11.4 Å². The second kappa shape index (κ2) is 4.45. The first-order valence-corrected chi connectivity index (χ1v) is 6.05. The van der Waals surface area contributed by atoms with Gasteiger partial charge in [-0.1, -0.05) is 28.1 Å². The molecule has 0 bridgehead atoms. The molecule has 0 radical (unpaired) electrons. The predicted octanol–water partition coefficient (Wildman–Crippen LogP) is 4.62. The van der Waals surface area contributed by atoms with E-state index in [0.29, 0.717) is 5.56 Å². The summed E-state index contributed by atoms with van der Waals surface area (Å²) >= 11 is 6.04. The highest BCUT2D eigenvalue weighted by atomic mass is 79.9. The van der Waals surface area contributed by atoms with Crippen molar-refractivity contribution in [2.45, 2.75) is 6.18 Å². The lowest BCUT2D eigenvalue weighted by atomic mass is 10.2. The average molecular weight is 370 g/mol. The number of imidazole rings is 1. The number of hydrogen-bond acceptors (Lipinski definition) is 1. The quantitative estimate of drug-likeness (QED) is 0.780. The largest absolute Gasteiger partial charge is 0.433 e. The molecule has 1 aromatic carbocycles. The standard InChI is InChI=1S/C10H5Br2F3N2/c11-6-3-1-5(2-4-6)9-16-7(8(12)17-9)10(13,14)15/h1-4H,(H,16,17). The molecular weight excluding hydrogens is 365 g/mol. The SMILES string of the molecule is FC(F)(F)c1[nH]c(-c2ccc(Br)cc2)nc1Br. The number of halogens is 5. The zero-order valence-corrected chi connectivity index (χ0v) is 11.3. The zero-order valence-electron chi connectivity index (χ0n) is 8.15. The first kappa shape index (κ1) is 12.6. The zero-order chi connectivity index (χ0) is 12.6. The van der Waals surface area contributed by atoms with E-state index < -0.39 is 11.9 Å². The van der Waals surface area contributed by atoms with Crippen LogP contribution in [0.15, 0.2) is 33.3 Å².